The highest BCUT2D eigenvalue weighted by atomic mass is 19.1. The Hall–Kier alpha value is -1.82. The van der Waals surface area contributed by atoms with E-state index in [2.05, 4.69) is 24.0 Å². The Balaban J connectivity index is 2.13. The maximum atomic E-state index is 13.2. The van der Waals surface area contributed by atoms with E-state index in [1.807, 2.05) is 0 Å². The molecule has 1 aromatic carbocycles. The van der Waals surface area contributed by atoms with E-state index in [-0.39, 0.29) is 17.3 Å². The third kappa shape index (κ3) is 4.32. The van der Waals surface area contributed by atoms with Crippen LogP contribution >= 0.6 is 0 Å². The van der Waals surface area contributed by atoms with Crippen LogP contribution in [0.3, 0.4) is 0 Å². The van der Waals surface area contributed by atoms with Crippen LogP contribution in [-0.2, 0) is 6.42 Å². The lowest BCUT2D eigenvalue weighted by Gasteiger charge is -2.14. The number of rotatable bonds is 6. The van der Waals surface area contributed by atoms with Gasteiger partial charge in [-0.2, -0.15) is 4.98 Å². The standard InChI is InChI=1S/C15H19F2N3O/c1-9(2)3-10(8-18)4-14-19-15(20-21-14)11-5-12(16)7-13(17)6-11/h5-7,9-10H,3-4,8,18H2,1-2H3. The first-order valence-electron chi connectivity index (χ1n) is 6.97. The van der Waals surface area contributed by atoms with Gasteiger partial charge in [-0.25, -0.2) is 8.78 Å². The lowest BCUT2D eigenvalue weighted by molar-refractivity contribution is 0.332. The third-order valence-corrected chi connectivity index (χ3v) is 3.19. The summed E-state index contributed by atoms with van der Waals surface area (Å²) in [7, 11) is 0. The highest BCUT2D eigenvalue weighted by molar-refractivity contribution is 5.54. The Labute approximate surface area is 122 Å². The first kappa shape index (κ1) is 15.6. The van der Waals surface area contributed by atoms with Crippen molar-refractivity contribution >= 4 is 0 Å². The molecule has 4 nitrogen and oxygen atoms in total. The minimum absolute atomic E-state index is 0.184. The molecule has 0 saturated heterocycles. The van der Waals surface area contributed by atoms with Crippen molar-refractivity contribution in [3.8, 4) is 11.4 Å². The van der Waals surface area contributed by atoms with Gasteiger partial charge in [0.15, 0.2) is 0 Å². The molecular weight excluding hydrogens is 276 g/mol. The minimum atomic E-state index is -0.670. The van der Waals surface area contributed by atoms with Crippen LogP contribution in [0.5, 0.6) is 0 Å². The zero-order chi connectivity index (χ0) is 15.4. The molecule has 0 aliphatic heterocycles. The zero-order valence-electron chi connectivity index (χ0n) is 12.1. The molecule has 0 amide bonds. The van der Waals surface area contributed by atoms with Gasteiger partial charge in [-0.05, 0) is 36.9 Å². The fourth-order valence-electron chi connectivity index (χ4n) is 2.31. The molecule has 1 atom stereocenters. The van der Waals surface area contributed by atoms with Crippen LogP contribution in [0.15, 0.2) is 22.7 Å². The van der Waals surface area contributed by atoms with Crippen molar-refractivity contribution in [3.05, 3.63) is 35.7 Å². The molecule has 0 aliphatic carbocycles. The number of benzene rings is 1. The molecule has 0 spiro atoms. The predicted molar refractivity (Wildman–Crippen MR) is 75.4 cm³/mol. The fourth-order valence-corrected chi connectivity index (χ4v) is 2.31. The molecule has 2 N–H and O–H groups in total. The second-order valence-corrected chi connectivity index (χ2v) is 5.61. The van der Waals surface area contributed by atoms with Gasteiger partial charge >= 0.3 is 0 Å². The Morgan fingerprint density at radius 2 is 1.86 bits per heavy atom. The number of aromatic nitrogens is 2. The summed E-state index contributed by atoms with van der Waals surface area (Å²) in [5, 5.41) is 3.77. The average molecular weight is 295 g/mol. The predicted octanol–water partition coefficient (Wildman–Crippen LogP) is 3.18. The molecule has 1 unspecified atom stereocenters. The molecule has 21 heavy (non-hydrogen) atoms. The zero-order valence-corrected chi connectivity index (χ0v) is 12.1. The Bertz CT molecular complexity index is 578. The number of hydrogen-bond donors (Lipinski definition) is 1. The Morgan fingerprint density at radius 1 is 1.19 bits per heavy atom. The molecule has 6 heteroatoms. The van der Waals surface area contributed by atoms with Crippen LogP contribution in [0, 0.1) is 23.5 Å². The van der Waals surface area contributed by atoms with E-state index in [1.165, 1.54) is 12.1 Å². The van der Waals surface area contributed by atoms with Gasteiger partial charge < -0.3 is 10.3 Å². The van der Waals surface area contributed by atoms with E-state index in [0.29, 0.717) is 24.8 Å². The molecular formula is C15H19F2N3O. The molecule has 0 fully saturated rings. The average Bonchev–Trinajstić information content (AvgIpc) is 2.84. The monoisotopic (exact) mass is 295 g/mol. The van der Waals surface area contributed by atoms with Gasteiger partial charge in [0.25, 0.3) is 0 Å². The molecule has 114 valence electrons. The van der Waals surface area contributed by atoms with Crippen molar-refractivity contribution in [2.24, 2.45) is 17.6 Å². The Morgan fingerprint density at radius 3 is 2.43 bits per heavy atom. The maximum Gasteiger partial charge on any atom is 0.227 e. The van der Waals surface area contributed by atoms with Crippen LogP contribution in [0.1, 0.15) is 26.2 Å². The second-order valence-electron chi connectivity index (χ2n) is 5.61. The van der Waals surface area contributed by atoms with Gasteiger partial charge in [0, 0.05) is 18.1 Å². The van der Waals surface area contributed by atoms with E-state index < -0.39 is 11.6 Å². The summed E-state index contributed by atoms with van der Waals surface area (Å²) in [4.78, 5) is 4.19. The SMILES string of the molecule is CC(C)CC(CN)Cc1nc(-c2cc(F)cc(F)c2)no1. The number of halogens is 2. The van der Waals surface area contributed by atoms with Crippen LogP contribution in [-0.4, -0.2) is 16.7 Å². The smallest absolute Gasteiger partial charge is 0.227 e. The van der Waals surface area contributed by atoms with Gasteiger partial charge in [0.05, 0.1) is 0 Å². The number of hydrogen-bond acceptors (Lipinski definition) is 4. The van der Waals surface area contributed by atoms with Crippen molar-refractivity contribution in [3.63, 3.8) is 0 Å². The normalized spacial score (nSPS) is 12.9. The quantitative estimate of drug-likeness (QED) is 0.889. The molecule has 2 aromatic rings. The lowest BCUT2D eigenvalue weighted by atomic mass is 9.94. The summed E-state index contributed by atoms with van der Waals surface area (Å²) in [5.41, 5.74) is 6.00. The minimum Gasteiger partial charge on any atom is -0.339 e. The van der Waals surface area contributed by atoms with Gasteiger partial charge in [-0.15, -0.1) is 0 Å². The first-order chi connectivity index (χ1) is 9.97. The van der Waals surface area contributed by atoms with E-state index in [1.54, 1.807) is 0 Å². The molecule has 0 saturated carbocycles. The van der Waals surface area contributed by atoms with Crippen molar-refractivity contribution in [1.82, 2.24) is 10.1 Å². The molecule has 0 bridgehead atoms. The van der Waals surface area contributed by atoms with Gasteiger partial charge in [0.2, 0.25) is 11.7 Å². The molecule has 1 aromatic heterocycles. The molecule has 0 radical (unpaired) electrons. The summed E-state index contributed by atoms with van der Waals surface area (Å²) in [6.07, 6.45) is 1.53. The van der Waals surface area contributed by atoms with E-state index in [9.17, 15) is 8.78 Å². The summed E-state index contributed by atoms with van der Waals surface area (Å²) >= 11 is 0. The van der Waals surface area contributed by atoms with E-state index >= 15 is 0 Å². The first-order valence-corrected chi connectivity index (χ1v) is 6.97. The summed E-state index contributed by atoms with van der Waals surface area (Å²) < 4.78 is 31.5. The van der Waals surface area contributed by atoms with Gasteiger partial charge in [0.1, 0.15) is 11.6 Å². The fraction of sp³-hybridized carbons (Fsp3) is 0.467. The van der Waals surface area contributed by atoms with Crippen molar-refractivity contribution in [2.75, 3.05) is 6.54 Å². The molecule has 2 rings (SSSR count). The topological polar surface area (TPSA) is 64.9 Å². The van der Waals surface area contributed by atoms with Gasteiger partial charge in [-0.3, -0.25) is 0 Å². The van der Waals surface area contributed by atoms with Crippen molar-refractivity contribution in [1.29, 1.82) is 0 Å². The number of nitrogens with zero attached hydrogens (tertiary/aromatic N) is 2. The summed E-state index contributed by atoms with van der Waals surface area (Å²) in [6.45, 7) is 4.78. The van der Waals surface area contributed by atoms with E-state index in [4.69, 9.17) is 10.3 Å². The summed E-state index contributed by atoms with van der Waals surface area (Å²) in [5.74, 6) is 0.0577. The molecule has 0 aliphatic rings. The molecule has 1 heterocycles. The third-order valence-electron chi connectivity index (χ3n) is 3.19. The number of nitrogens with two attached hydrogens (primary N) is 1. The van der Waals surface area contributed by atoms with Crippen LogP contribution in [0.4, 0.5) is 8.78 Å². The van der Waals surface area contributed by atoms with Crippen LogP contribution < -0.4 is 5.73 Å². The van der Waals surface area contributed by atoms with Crippen LogP contribution in [0.25, 0.3) is 11.4 Å². The lowest BCUT2D eigenvalue weighted by Crippen LogP contribution is -2.19. The highest BCUT2D eigenvalue weighted by Gasteiger charge is 2.16. The van der Waals surface area contributed by atoms with Gasteiger partial charge in [-0.1, -0.05) is 19.0 Å². The van der Waals surface area contributed by atoms with Crippen LogP contribution in [0.2, 0.25) is 0 Å². The Kier molecular flexibility index (Phi) is 5.01. The largest absolute Gasteiger partial charge is 0.339 e. The van der Waals surface area contributed by atoms with E-state index in [0.717, 1.165) is 12.5 Å². The maximum absolute atomic E-state index is 13.2. The van der Waals surface area contributed by atoms with Crippen molar-refractivity contribution in [2.45, 2.75) is 26.7 Å². The van der Waals surface area contributed by atoms with Crippen molar-refractivity contribution < 1.29 is 13.3 Å². The second kappa shape index (κ2) is 6.76. The highest BCUT2D eigenvalue weighted by Crippen LogP contribution is 2.21. The summed E-state index contributed by atoms with van der Waals surface area (Å²) in [6, 6.07) is 3.15.